The molecular formula is C12H18ClN3O. The number of piperidine rings is 1. The van der Waals surface area contributed by atoms with Crippen LogP contribution in [0.1, 0.15) is 25.0 Å². The first-order valence-corrected chi connectivity index (χ1v) is 6.48. The van der Waals surface area contributed by atoms with Crippen molar-refractivity contribution < 1.29 is 4.74 Å². The molecule has 2 heterocycles. The maximum Gasteiger partial charge on any atom is 0.152 e. The van der Waals surface area contributed by atoms with Gasteiger partial charge in [-0.1, -0.05) is 11.6 Å². The van der Waals surface area contributed by atoms with Gasteiger partial charge in [-0.3, -0.25) is 4.98 Å². The van der Waals surface area contributed by atoms with Gasteiger partial charge in [-0.25, -0.2) is 4.98 Å². The lowest BCUT2D eigenvalue weighted by molar-refractivity contribution is 0.100. The Balaban J connectivity index is 1.64. The van der Waals surface area contributed by atoms with Crippen molar-refractivity contribution in [3.05, 3.63) is 23.2 Å². The van der Waals surface area contributed by atoms with Crippen molar-refractivity contribution in [3.8, 4) is 0 Å². The van der Waals surface area contributed by atoms with E-state index in [9.17, 15) is 0 Å². The molecule has 0 bridgehead atoms. The molecule has 4 nitrogen and oxygen atoms in total. The normalized spacial score (nSPS) is 17.2. The minimum Gasteiger partial charge on any atom is -0.375 e. The van der Waals surface area contributed by atoms with Crippen LogP contribution in [-0.4, -0.2) is 29.7 Å². The van der Waals surface area contributed by atoms with Crippen LogP contribution in [0.5, 0.6) is 0 Å². The van der Waals surface area contributed by atoms with Gasteiger partial charge >= 0.3 is 0 Å². The van der Waals surface area contributed by atoms with Crippen LogP contribution in [0.15, 0.2) is 12.4 Å². The van der Waals surface area contributed by atoms with E-state index in [1.54, 1.807) is 12.4 Å². The lowest BCUT2D eigenvalue weighted by atomic mass is 9.95. The molecule has 0 saturated carbocycles. The Labute approximate surface area is 107 Å². The largest absolute Gasteiger partial charge is 0.375 e. The molecule has 1 aromatic heterocycles. The van der Waals surface area contributed by atoms with E-state index in [-0.39, 0.29) is 0 Å². The van der Waals surface area contributed by atoms with Gasteiger partial charge in [0.15, 0.2) is 5.15 Å². The van der Waals surface area contributed by atoms with Gasteiger partial charge in [-0.05, 0) is 38.3 Å². The number of halogens is 1. The Bertz CT molecular complexity index is 342. The molecule has 0 unspecified atom stereocenters. The Morgan fingerprint density at radius 2 is 2.06 bits per heavy atom. The number of nitrogens with one attached hydrogen (secondary N) is 1. The van der Waals surface area contributed by atoms with Gasteiger partial charge < -0.3 is 10.1 Å². The van der Waals surface area contributed by atoms with Gasteiger partial charge in [0.2, 0.25) is 0 Å². The highest BCUT2D eigenvalue weighted by Gasteiger charge is 2.12. The smallest absolute Gasteiger partial charge is 0.152 e. The van der Waals surface area contributed by atoms with E-state index < -0.39 is 0 Å². The Hall–Kier alpha value is -0.710. The molecular weight excluding hydrogens is 238 g/mol. The van der Waals surface area contributed by atoms with Gasteiger partial charge in [-0.2, -0.15) is 0 Å². The molecule has 1 aliphatic rings. The van der Waals surface area contributed by atoms with E-state index in [1.165, 1.54) is 12.8 Å². The van der Waals surface area contributed by atoms with Crippen LogP contribution in [0.3, 0.4) is 0 Å². The summed E-state index contributed by atoms with van der Waals surface area (Å²) in [6.45, 7) is 3.51. The summed E-state index contributed by atoms with van der Waals surface area (Å²) < 4.78 is 5.60. The molecule has 1 saturated heterocycles. The van der Waals surface area contributed by atoms with E-state index in [2.05, 4.69) is 15.3 Å². The molecule has 17 heavy (non-hydrogen) atoms. The number of hydrogen-bond acceptors (Lipinski definition) is 4. The molecule has 0 atom stereocenters. The lowest BCUT2D eigenvalue weighted by Crippen LogP contribution is -2.28. The Kier molecular flexibility index (Phi) is 5.16. The van der Waals surface area contributed by atoms with Gasteiger partial charge in [0.25, 0.3) is 0 Å². The monoisotopic (exact) mass is 255 g/mol. The van der Waals surface area contributed by atoms with Crippen LogP contribution in [0.4, 0.5) is 0 Å². The number of nitrogens with zero attached hydrogens (tertiary/aromatic N) is 2. The summed E-state index contributed by atoms with van der Waals surface area (Å²) in [5.41, 5.74) is 0.722. The van der Waals surface area contributed by atoms with Crippen molar-refractivity contribution in [1.29, 1.82) is 0 Å². The molecule has 1 aromatic rings. The molecule has 1 N–H and O–H groups in total. The molecule has 0 aliphatic carbocycles. The first-order chi connectivity index (χ1) is 8.36. The fourth-order valence-electron chi connectivity index (χ4n) is 2.04. The van der Waals surface area contributed by atoms with Crippen molar-refractivity contribution in [2.24, 2.45) is 5.92 Å². The van der Waals surface area contributed by atoms with Gasteiger partial charge in [0, 0.05) is 19.0 Å². The highest BCUT2D eigenvalue weighted by atomic mass is 35.5. The summed E-state index contributed by atoms with van der Waals surface area (Å²) in [4.78, 5) is 8.10. The summed E-state index contributed by atoms with van der Waals surface area (Å²) in [6.07, 6.45) is 6.86. The van der Waals surface area contributed by atoms with Crippen molar-refractivity contribution in [2.75, 3.05) is 19.7 Å². The fourth-order valence-corrected chi connectivity index (χ4v) is 2.20. The highest BCUT2D eigenvalue weighted by Crippen LogP contribution is 2.16. The van der Waals surface area contributed by atoms with Crippen LogP contribution in [0.2, 0.25) is 5.15 Å². The zero-order valence-corrected chi connectivity index (χ0v) is 10.6. The van der Waals surface area contributed by atoms with E-state index in [4.69, 9.17) is 16.3 Å². The third-order valence-corrected chi connectivity index (χ3v) is 3.41. The van der Waals surface area contributed by atoms with Crippen molar-refractivity contribution >= 4 is 11.6 Å². The molecule has 5 heteroatoms. The molecule has 94 valence electrons. The summed E-state index contributed by atoms with van der Waals surface area (Å²) >= 11 is 5.89. The molecule has 0 radical (unpaired) electrons. The third-order valence-electron chi connectivity index (χ3n) is 3.09. The Morgan fingerprint density at radius 3 is 2.82 bits per heavy atom. The summed E-state index contributed by atoms with van der Waals surface area (Å²) in [7, 11) is 0. The van der Waals surface area contributed by atoms with Crippen LogP contribution in [0.25, 0.3) is 0 Å². The number of ether oxygens (including phenoxy) is 1. The van der Waals surface area contributed by atoms with Crippen molar-refractivity contribution in [2.45, 2.75) is 25.9 Å². The van der Waals surface area contributed by atoms with Gasteiger partial charge in [-0.15, -0.1) is 0 Å². The second-order valence-corrected chi connectivity index (χ2v) is 4.69. The minimum absolute atomic E-state index is 0.439. The molecule has 0 spiro atoms. The highest BCUT2D eigenvalue weighted by molar-refractivity contribution is 6.29. The first-order valence-electron chi connectivity index (χ1n) is 6.10. The predicted molar refractivity (Wildman–Crippen MR) is 66.9 cm³/mol. The topological polar surface area (TPSA) is 47.0 Å². The third kappa shape index (κ3) is 4.22. The molecule has 0 amide bonds. The predicted octanol–water partition coefficient (Wildman–Crippen LogP) is 2.04. The average Bonchev–Trinajstić information content (AvgIpc) is 2.38. The van der Waals surface area contributed by atoms with E-state index in [1.807, 2.05) is 0 Å². The molecule has 2 rings (SSSR count). The molecule has 1 fully saturated rings. The summed E-state index contributed by atoms with van der Waals surface area (Å²) in [5.74, 6) is 0.800. The zero-order chi connectivity index (χ0) is 11.9. The second kappa shape index (κ2) is 6.89. The van der Waals surface area contributed by atoms with Gasteiger partial charge in [0.05, 0.1) is 6.61 Å². The number of aromatic nitrogens is 2. The van der Waals surface area contributed by atoms with E-state index in [0.29, 0.717) is 11.8 Å². The first kappa shape index (κ1) is 12.7. The standard InChI is InChI=1S/C12H18ClN3O/c13-12-11(15-6-7-16-12)9-17-8-3-10-1-4-14-5-2-10/h6-7,10,14H,1-5,8-9H2. The van der Waals surface area contributed by atoms with Gasteiger partial charge in [0.1, 0.15) is 5.69 Å². The second-order valence-electron chi connectivity index (χ2n) is 4.33. The lowest BCUT2D eigenvalue weighted by Gasteiger charge is -2.22. The molecule has 1 aliphatic heterocycles. The summed E-state index contributed by atoms with van der Waals surface area (Å²) in [6, 6.07) is 0. The number of rotatable bonds is 5. The average molecular weight is 256 g/mol. The quantitative estimate of drug-likeness (QED) is 0.818. The van der Waals surface area contributed by atoms with Crippen molar-refractivity contribution in [3.63, 3.8) is 0 Å². The maximum absolute atomic E-state index is 5.89. The van der Waals surface area contributed by atoms with Crippen LogP contribution in [0, 0.1) is 5.92 Å². The van der Waals surface area contributed by atoms with Crippen LogP contribution < -0.4 is 5.32 Å². The maximum atomic E-state index is 5.89. The zero-order valence-electron chi connectivity index (χ0n) is 9.86. The minimum atomic E-state index is 0.439. The summed E-state index contributed by atoms with van der Waals surface area (Å²) in [5, 5.41) is 3.80. The van der Waals surface area contributed by atoms with Crippen molar-refractivity contribution in [1.82, 2.24) is 15.3 Å². The fraction of sp³-hybridized carbons (Fsp3) is 0.667. The molecule has 0 aromatic carbocycles. The van der Waals surface area contributed by atoms with E-state index >= 15 is 0 Å². The Morgan fingerprint density at radius 1 is 1.29 bits per heavy atom. The number of hydrogen-bond donors (Lipinski definition) is 1. The van der Waals surface area contributed by atoms with E-state index in [0.717, 1.165) is 37.7 Å². The van der Waals surface area contributed by atoms with Crippen LogP contribution >= 0.6 is 11.6 Å². The van der Waals surface area contributed by atoms with Crippen LogP contribution in [-0.2, 0) is 11.3 Å². The SMILES string of the molecule is Clc1nccnc1COCCC1CCNCC1.